The van der Waals surface area contributed by atoms with Gasteiger partial charge in [0.2, 0.25) is 5.91 Å². The van der Waals surface area contributed by atoms with Gasteiger partial charge in [-0.3, -0.25) is 4.79 Å². The van der Waals surface area contributed by atoms with Crippen LogP contribution in [0.3, 0.4) is 0 Å². The summed E-state index contributed by atoms with van der Waals surface area (Å²) in [6.07, 6.45) is 0.253. The Morgan fingerprint density at radius 2 is 1.55 bits per heavy atom. The van der Waals surface area contributed by atoms with Crippen molar-refractivity contribution >= 4 is 33.8 Å². The molecule has 2 N–H and O–H groups in total. The van der Waals surface area contributed by atoms with Gasteiger partial charge in [0.05, 0.1) is 0 Å². The highest BCUT2D eigenvalue weighted by Gasteiger charge is 2.22. The van der Waals surface area contributed by atoms with Crippen molar-refractivity contribution in [3.05, 3.63) is 106 Å². The summed E-state index contributed by atoms with van der Waals surface area (Å²) < 4.78 is 11.6. The highest BCUT2D eigenvalue weighted by Crippen LogP contribution is 2.37. The second-order valence-electron chi connectivity index (χ2n) is 9.38. The first kappa shape index (κ1) is 25.0. The summed E-state index contributed by atoms with van der Waals surface area (Å²) in [5.41, 5.74) is 4.45. The van der Waals surface area contributed by atoms with E-state index in [9.17, 15) is 19.5 Å². The van der Waals surface area contributed by atoms with Gasteiger partial charge in [-0.2, -0.15) is 0 Å². The minimum atomic E-state index is -1.11. The van der Waals surface area contributed by atoms with Crippen molar-refractivity contribution < 1.29 is 23.5 Å². The number of hydrogen-bond acceptors (Lipinski definition) is 5. The Bertz CT molecular complexity index is 1700. The van der Waals surface area contributed by atoms with Crippen LogP contribution < -0.4 is 10.9 Å². The first-order valence-electron chi connectivity index (χ1n) is 12.4. The Balaban J connectivity index is 1.41. The second-order valence-corrected chi connectivity index (χ2v) is 9.38. The van der Waals surface area contributed by atoms with Crippen LogP contribution in [0.15, 0.2) is 86.4 Å². The van der Waals surface area contributed by atoms with Gasteiger partial charge in [0.15, 0.2) is 0 Å². The van der Waals surface area contributed by atoms with Crippen LogP contribution in [-0.2, 0) is 22.4 Å². The number of carboxylic acid groups (broad SMARTS) is 1. The van der Waals surface area contributed by atoms with E-state index < -0.39 is 23.5 Å². The first-order chi connectivity index (χ1) is 18.3. The van der Waals surface area contributed by atoms with Crippen molar-refractivity contribution in [3.63, 3.8) is 0 Å². The fourth-order valence-corrected chi connectivity index (χ4v) is 4.91. The van der Waals surface area contributed by atoms with Gasteiger partial charge in [-0.15, -0.1) is 0 Å². The number of carboxylic acids is 1. The van der Waals surface area contributed by atoms with Crippen molar-refractivity contribution in [2.75, 3.05) is 0 Å². The summed E-state index contributed by atoms with van der Waals surface area (Å²) in [7, 11) is 0. The van der Waals surface area contributed by atoms with Crippen LogP contribution in [0.2, 0.25) is 0 Å². The average Bonchev–Trinajstić information content (AvgIpc) is 3.22. The lowest BCUT2D eigenvalue weighted by Crippen LogP contribution is -2.42. The standard InChI is InChI=1S/C31H27NO6/c1-18-22(13-14-28(33)32-25(30(34)35)15-20-9-5-3-6-10-20)31(36)38-26-17-27-24(16-23(18)26)29(19(2)37-27)21-11-7-4-8-12-21/h3-12,16-17,25H,13-15H2,1-2H3,(H,32,33)(H,34,35)/t25-/m1/s1. The fraction of sp³-hybridized carbons (Fsp3) is 0.194. The molecular weight excluding hydrogens is 482 g/mol. The van der Waals surface area contributed by atoms with Crippen molar-refractivity contribution in [2.45, 2.75) is 39.2 Å². The zero-order valence-corrected chi connectivity index (χ0v) is 21.1. The molecule has 0 saturated heterocycles. The van der Waals surface area contributed by atoms with Gasteiger partial charge >= 0.3 is 11.6 Å². The third-order valence-corrected chi connectivity index (χ3v) is 6.85. The Labute approximate surface area is 218 Å². The highest BCUT2D eigenvalue weighted by molar-refractivity contribution is 6.03. The number of amides is 1. The monoisotopic (exact) mass is 509 g/mol. The molecule has 1 atom stereocenters. The van der Waals surface area contributed by atoms with E-state index in [1.165, 1.54) is 0 Å². The van der Waals surface area contributed by atoms with Gasteiger partial charge in [-0.05, 0) is 43.0 Å². The van der Waals surface area contributed by atoms with Crippen LogP contribution in [0, 0.1) is 13.8 Å². The normalized spacial score (nSPS) is 12.1. The topological polar surface area (TPSA) is 110 Å². The third kappa shape index (κ3) is 4.95. The van der Waals surface area contributed by atoms with E-state index in [0.29, 0.717) is 16.7 Å². The maximum Gasteiger partial charge on any atom is 0.339 e. The zero-order valence-electron chi connectivity index (χ0n) is 21.1. The number of carbonyl (C=O) groups is 2. The molecule has 2 heterocycles. The molecule has 0 bridgehead atoms. The highest BCUT2D eigenvalue weighted by atomic mass is 16.4. The molecule has 0 aliphatic rings. The van der Waals surface area contributed by atoms with Crippen LogP contribution >= 0.6 is 0 Å². The summed E-state index contributed by atoms with van der Waals surface area (Å²) >= 11 is 0. The van der Waals surface area contributed by atoms with Crippen LogP contribution in [-0.4, -0.2) is 23.0 Å². The molecule has 7 heteroatoms. The van der Waals surface area contributed by atoms with Crippen LogP contribution in [0.25, 0.3) is 33.1 Å². The van der Waals surface area contributed by atoms with Crippen molar-refractivity contribution in [3.8, 4) is 11.1 Å². The van der Waals surface area contributed by atoms with Crippen molar-refractivity contribution in [1.82, 2.24) is 5.32 Å². The van der Waals surface area contributed by atoms with E-state index in [-0.39, 0.29) is 19.3 Å². The molecule has 192 valence electrons. The molecule has 0 aliphatic carbocycles. The number of furan rings is 1. The summed E-state index contributed by atoms with van der Waals surface area (Å²) in [5.74, 6) is -0.793. The minimum absolute atomic E-state index is 0.0436. The van der Waals surface area contributed by atoms with Crippen molar-refractivity contribution in [2.24, 2.45) is 0 Å². The van der Waals surface area contributed by atoms with Crippen LogP contribution in [0.5, 0.6) is 0 Å². The summed E-state index contributed by atoms with van der Waals surface area (Å²) in [5, 5.41) is 13.8. The molecule has 2 aromatic heterocycles. The number of aliphatic carboxylic acids is 1. The largest absolute Gasteiger partial charge is 0.480 e. The predicted octanol–water partition coefficient (Wildman–Crippen LogP) is 5.57. The number of rotatable bonds is 8. The molecule has 0 radical (unpaired) electrons. The van der Waals surface area contributed by atoms with Gasteiger partial charge in [0.1, 0.15) is 23.0 Å². The Hall–Kier alpha value is -4.65. The smallest absolute Gasteiger partial charge is 0.339 e. The molecule has 0 unspecified atom stereocenters. The maximum atomic E-state index is 12.8. The molecule has 7 nitrogen and oxygen atoms in total. The summed E-state index contributed by atoms with van der Waals surface area (Å²) in [4.78, 5) is 37.2. The fourth-order valence-electron chi connectivity index (χ4n) is 4.91. The number of aryl methyl sites for hydroxylation is 2. The number of carbonyl (C=O) groups excluding carboxylic acids is 1. The van der Waals surface area contributed by atoms with E-state index in [0.717, 1.165) is 38.8 Å². The van der Waals surface area contributed by atoms with Crippen LogP contribution in [0.4, 0.5) is 0 Å². The van der Waals surface area contributed by atoms with Crippen LogP contribution in [0.1, 0.15) is 28.9 Å². The Morgan fingerprint density at radius 1 is 0.895 bits per heavy atom. The first-order valence-corrected chi connectivity index (χ1v) is 12.4. The number of hydrogen-bond donors (Lipinski definition) is 2. The van der Waals surface area contributed by atoms with E-state index >= 15 is 0 Å². The average molecular weight is 510 g/mol. The molecule has 1 amide bonds. The maximum absolute atomic E-state index is 12.8. The number of fused-ring (bicyclic) bond motifs is 2. The SMILES string of the molecule is Cc1oc2cc3oc(=O)c(CCC(=O)N[C@H](Cc4ccccc4)C(=O)O)c(C)c3cc2c1-c1ccccc1. The van der Waals surface area contributed by atoms with Crippen molar-refractivity contribution in [1.29, 1.82) is 0 Å². The lowest BCUT2D eigenvalue weighted by atomic mass is 9.98. The summed E-state index contributed by atoms with van der Waals surface area (Å²) in [6.45, 7) is 3.74. The minimum Gasteiger partial charge on any atom is -0.480 e. The lowest BCUT2D eigenvalue weighted by molar-refractivity contribution is -0.141. The Morgan fingerprint density at radius 3 is 2.24 bits per heavy atom. The number of benzene rings is 3. The van der Waals surface area contributed by atoms with Gasteiger partial charge in [0.25, 0.3) is 0 Å². The van der Waals surface area contributed by atoms with Gasteiger partial charge < -0.3 is 19.3 Å². The molecule has 3 aromatic carbocycles. The molecule has 0 aliphatic heterocycles. The van der Waals surface area contributed by atoms with E-state index in [1.807, 2.05) is 80.6 Å². The molecule has 0 saturated carbocycles. The molecule has 5 rings (SSSR count). The molecule has 0 spiro atoms. The Kier molecular flexibility index (Phi) is 6.83. The summed E-state index contributed by atoms with van der Waals surface area (Å²) in [6, 6.07) is 21.7. The zero-order chi connectivity index (χ0) is 26.8. The molecule has 0 fully saturated rings. The molecule has 5 aromatic rings. The van der Waals surface area contributed by atoms with E-state index in [4.69, 9.17) is 8.83 Å². The molecule has 38 heavy (non-hydrogen) atoms. The van der Waals surface area contributed by atoms with E-state index in [1.54, 1.807) is 6.07 Å². The quantitative estimate of drug-likeness (QED) is 0.265. The number of nitrogens with one attached hydrogen (secondary N) is 1. The third-order valence-electron chi connectivity index (χ3n) is 6.85. The molecular formula is C31H27NO6. The predicted molar refractivity (Wildman–Crippen MR) is 145 cm³/mol. The lowest BCUT2D eigenvalue weighted by Gasteiger charge is -2.15. The second kappa shape index (κ2) is 10.4. The van der Waals surface area contributed by atoms with Gasteiger partial charge in [0, 0.05) is 40.8 Å². The van der Waals surface area contributed by atoms with E-state index in [2.05, 4.69) is 5.32 Å². The van der Waals surface area contributed by atoms with Gasteiger partial charge in [-0.25, -0.2) is 9.59 Å². The van der Waals surface area contributed by atoms with Gasteiger partial charge in [-0.1, -0.05) is 60.7 Å².